The number of carbonyl (C=O) groups is 1. The number of carbonyl (C=O) groups excluding carboxylic acids is 1. The van der Waals surface area contributed by atoms with Crippen molar-refractivity contribution in [3.8, 4) is 0 Å². The molecular weight excluding hydrogens is 339 g/mol. The summed E-state index contributed by atoms with van der Waals surface area (Å²) in [7, 11) is 0. The van der Waals surface area contributed by atoms with Gasteiger partial charge < -0.3 is 14.7 Å². The molecule has 1 amide bonds. The van der Waals surface area contributed by atoms with Crippen LogP contribution in [0.1, 0.15) is 43.3 Å². The lowest BCUT2D eigenvalue weighted by atomic mass is 10.1. The molecule has 8 heteroatoms. The summed E-state index contributed by atoms with van der Waals surface area (Å²) >= 11 is 0. The smallest absolute Gasteiger partial charge is 0.410 e. The molecule has 2 aromatic rings. The van der Waals surface area contributed by atoms with Gasteiger partial charge in [-0.05, 0) is 44.0 Å². The highest BCUT2D eigenvalue weighted by Crippen LogP contribution is 2.21. The van der Waals surface area contributed by atoms with Crippen molar-refractivity contribution < 1.29 is 19.0 Å². The van der Waals surface area contributed by atoms with Gasteiger partial charge in [0.05, 0.1) is 25.4 Å². The Morgan fingerprint density at radius 1 is 1.35 bits per heavy atom. The molecule has 2 heterocycles. The van der Waals surface area contributed by atoms with Gasteiger partial charge in [-0.1, -0.05) is 11.3 Å². The number of aliphatic hydroxyl groups excluding tert-OH is 1. The average molecular weight is 362 g/mol. The minimum Gasteiger partial charge on any atom is -0.444 e. The first-order valence-corrected chi connectivity index (χ1v) is 8.54. The minimum absolute atomic E-state index is 0.240. The SMILES string of the molecule is CC(C)(C)OC(=O)N1CCc2c(nnn2Cc2ccc(F)cc2CO)C1. The van der Waals surface area contributed by atoms with E-state index in [9.17, 15) is 14.3 Å². The maximum absolute atomic E-state index is 13.3. The number of aromatic nitrogens is 3. The average Bonchev–Trinajstić information content (AvgIpc) is 2.97. The van der Waals surface area contributed by atoms with Gasteiger partial charge in [-0.15, -0.1) is 5.10 Å². The number of nitrogens with zero attached hydrogens (tertiary/aromatic N) is 4. The molecule has 0 unspecified atom stereocenters. The van der Waals surface area contributed by atoms with Gasteiger partial charge in [-0.3, -0.25) is 0 Å². The number of amides is 1. The molecule has 1 aliphatic heterocycles. The molecule has 1 aromatic heterocycles. The van der Waals surface area contributed by atoms with Crippen LogP contribution in [0.3, 0.4) is 0 Å². The molecule has 0 bridgehead atoms. The number of ether oxygens (including phenoxy) is 1. The van der Waals surface area contributed by atoms with Crippen molar-refractivity contribution in [2.75, 3.05) is 6.54 Å². The van der Waals surface area contributed by atoms with Crippen LogP contribution in [-0.2, 0) is 30.9 Å². The summed E-state index contributed by atoms with van der Waals surface area (Å²) in [6.07, 6.45) is 0.246. The molecule has 0 atom stereocenters. The molecular formula is C18H23FN4O3. The van der Waals surface area contributed by atoms with Crippen molar-refractivity contribution in [3.63, 3.8) is 0 Å². The third-order valence-electron chi connectivity index (χ3n) is 4.19. The fourth-order valence-corrected chi connectivity index (χ4v) is 2.93. The second kappa shape index (κ2) is 7.03. The lowest BCUT2D eigenvalue weighted by Gasteiger charge is -2.29. The van der Waals surface area contributed by atoms with E-state index in [2.05, 4.69) is 10.3 Å². The van der Waals surface area contributed by atoms with Crippen LogP contribution in [0.15, 0.2) is 18.2 Å². The third-order valence-corrected chi connectivity index (χ3v) is 4.19. The Labute approximate surface area is 151 Å². The number of rotatable bonds is 3. The summed E-state index contributed by atoms with van der Waals surface area (Å²) in [6, 6.07) is 4.33. The van der Waals surface area contributed by atoms with E-state index in [-0.39, 0.29) is 18.5 Å². The predicted molar refractivity (Wildman–Crippen MR) is 91.8 cm³/mol. The van der Waals surface area contributed by atoms with Gasteiger partial charge in [0.2, 0.25) is 0 Å². The number of benzene rings is 1. The first kappa shape index (κ1) is 18.3. The van der Waals surface area contributed by atoms with E-state index in [1.165, 1.54) is 12.1 Å². The van der Waals surface area contributed by atoms with Crippen molar-refractivity contribution in [1.82, 2.24) is 19.9 Å². The zero-order valence-electron chi connectivity index (χ0n) is 15.2. The molecule has 0 spiro atoms. The first-order valence-electron chi connectivity index (χ1n) is 8.54. The largest absolute Gasteiger partial charge is 0.444 e. The molecule has 0 radical (unpaired) electrons. The molecule has 1 aromatic carbocycles. The van der Waals surface area contributed by atoms with Crippen molar-refractivity contribution in [3.05, 3.63) is 46.5 Å². The Balaban J connectivity index is 1.75. The Bertz CT molecular complexity index is 813. The number of fused-ring (bicyclic) bond motifs is 1. The quantitative estimate of drug-likeness (QED) is 0.906. The van der Waals surface area contributed by atoms with Crippen molar-refractivity contribution >= 4 is 6.09 Å². The Hall–Kier alpha value is -2.48. The third kappa shape index (κ3) is 4.01. The monoisotopic (exact) mass is 362 g/mol. The van der Waals surface area contributed by atoms with E-state index in [0.717, 1.165) is 17.0 Å². The van der Waals surface area contributed by atoms with Crippen molar-refractivity contribution in [2.45, 2.75) is 52.5 Å². The Morgan fingerprint density at radius 3 is 2.81 bits per heavy atom. The second-order valence-electron chi connectivity index (χ2n) is 7.36. The van der Waals surface area contributed by atoms with E-state index < -0.39 is 5.60 Å². The molecule has 0 saturated carbocycles. The summed E-state index contributed by atoms with van der Waals surface area (Å²) in [6.45, 7) is 6.52. The Morgan fingerprint density at radius 2 is 2.12 bits per heavy atom. The number of hydrogen-bond acceptors (Lipinski definition) is 5. The summed E-state index contributed by atoms with van der Waals surface area (Å²) in [4.78, 5) is 13.8. The molecule has 0 fully saturated rings. The number of halogens is 1. The van der Waals surface area contributed by atoms with Crippen LogP contribution in [-0.4, -0.2) is 43.2 Å². The molecule has 26 heavy (non-hydrogen) atoms. The van der Waals surface area contributed by atoms with Gasteiger partial charge >= 0.3 is 6.09 Å². The first-order chi connectivity index (χ1) is 12.3. The van der Waals surface area contributed by atoms with Crippen LogP contribution in [0.4, 0.5) is 9.18 Å². The van der Waals surface area contributed by atoms with Crippen LogP contribution in [0.2, 0.25) is 0 Å². The fraction of sp³-hybridized carbons (Fsp3) is 0.500. The van der Waals surface area contributed by atoms with Crippen LogP contribution >= 0.6 is 0 Å². The summed E-state index contributed by atoms with van der Waals surface area (Å²) in [5, 5.41) is 17.8. The van der Waals surface area contributed by atoms with E-state index in [0.29, 0.717) is 31.6 Å². The summed E-state index contributed by atoms with van der Waals surface area (Å²) in [5.41, 5.74) is 2.45. The lowest BCUT2D eigenvalue weighted by molar-refractivity contribution is 0.0220. The molecule has 0 aliphatic carbocycles. The maximum Gasteiger partial charge on any atom is 0.410 e. The van der Waals surface area contributed by atoms with Gasteiger partial charge in [0.15, 0.2) is 0 Å². The van der Waals surface area contributed by atoms with E-state index in [1.54, 1.807) is 15.6 Å². The van der Waals surface area contributed by atoms with Crippen molar-refractivity contribution in [1.29, 1.82) is 0 Å². The van der Waals surface area contributed by atoms with Crippen LogP contribution in [0, 0.1) is 5.82 Å². The normalized spacial score (nSPS) is 14.3. The van der Waals surface area contributed by atoms with Gasteiger partial charge in [0.1, 0.15) is 17.1 Å². The van der Waals surface area contributed by atoms with Gasteiger partial charge in [0.25, 0.3) is 0 Å². The Kier molecular flexibility index (Phi) is 4.95. The lowest BCUT2D eigenvalue weighted by Crippen LogP contribution is -2.40. The highest BCUT2D eigenvalue weighted by Gasteiger charge is 2.28. The standard InChI is InChI=1S/C18H23FN4O3/c1-18(2,3)26-17(25)22-7-6-16-15(10-22)20-21-23(16)9-12-4-5-14(19)8-13(12)11-24/h4-5,8,24H,6-7,9-11H2,1-3H3. The fourth-order valence-electron chi connectivity index (χ4n) is 2.93. The minimum atomic E-state index is -0.543. The summed E-state index contributed by atoms with van der Waals surface area (Å²) < 4.78 is 20.5. The van der Waals surface area contributed by atoms with Gasteiger partial charge in [-0.25, -0.2) is 13.9 Å². The van der Waals surface area contributed by atoms with Crippen LogP contribution < -0.4 is 0 Å². The zero-order valence-corrected chi connectivity index (χ0v) is 15.2. The number of aliphatic hydroxyl groups is 1. The number of hydrogen-bond donors (Lipinski definition) is 1. The molecule has 3 rings (SSSR count). The van der Waals surface area contributed by atoms with Crippen LogP contribution in [0.5, 0.6) is 0 Å². The van der Waals surface area contributed by atoms with E-state index in [4.69, 9.17) is 4.74 Å². The van der Waals surface area contributed by atoms with E-state index >= 15 is 0 Å². The highest BCUT2D eigenvalue weighted by molar-refractivity contribution is 5.68. The molecule has 1 aliphatic rings. The second-order valence-corrected chi connectivity index (χ2v) is 7.36. The van der Waals surface area contributed by atoms with Gasteiger partial charge in [0, 0.05) is 13.0 Å². The maximum atomic E-state index is 13.3. The topological polar surface area (TPSA) is 80.5 Å². The molecule has 0 saturated heterocycles. The van der Waals surface area contributed by atoms with Gasteiger partial charge in [-0.2, -0.15) is 0 Å². The molecule has 140 valence electrons. The summed E-state index contributed by atoms with van der Waals surface area (Å²) in [5.74, 6) is -0.383. The van der Waals surface area contributed by atoms with Crippen LogP contribution in [0.25, 0.3) is 0 Å². The van der Waals surface area contributed by atoms with E-state index in [1.807, 2.05) is 20.8 Å². The molecule has 1 N–H and O–H groups in total. The predicted octanol–water partition coefficient (Wildman–Crippen LogP) is 2.25. The van der Waals surface area contributed by atoms with Crippen molar-refractivity contribution in [2.24, 2.45) is 0 Å². The zero-order chi connectivity index (χ0) is 18.9. The molecule has 7 nitrogen and oxygen atoms in total. The highest BCUT2D eigenvalue weighted by atomic mass is 19.1.